The Morgan fingerprint density at radius 2 is 2.18 bits per heavy atom. The molecule has 1 unspecified atom stereocenters. The SMILES string of the molecule is CCNC(=O)C(C)Nc1cc(Br)nc(CC)n1. The van der Waals surface area contributed by atoms with Crippen LogP contribution >= 0.6 is 15.9 Å². The molecule has 17 heavy (non-hydrogen) atoms. The van der Waals surface area contributed by atoms with Crippen molar-refractivity contribution in [2.45, 2.75) is 33.2 Å². The van der Waals surface area contributed by atoms with E-state index in [1.54, 1.807) is 13.0 Å². The fourth-order valence-corrected chi connectivity index (χ4v) is 1.73. The van der Waals surface area contributed by atoms with Gasteiger partial charge in [0.2, 0.25) is 5.91 Å². The van der Waals surface area contributed by atoms with Crippen molar-refractivity contribution in [3.05, 3.63) is 16.5 Å². The molecule has 6 heteroatoms. The first-order valence-electron chi connectivity index (χ1n) is 5.64. The van der Waals surface area contributed by atoms with E-state index in [9.17, 15) is 4.79 Å². The molecular formula is C11H17BrN4O. The summed E-state index contributed by atoms with van der Waals surface area (Å²) < 4.78 is 0.718. The van der Waals surface area contributed by atoms with E-state index >= 15 is 0 Å². The molecule has 0 saturated carbocycles. The average Bonchev–Trinajstić information content (AvgIpc) is 2.28. The van der Waals surface area contributed by atoms with Crippen LogP contribution in [0.4, 0.5) is 5.82 Å². The summed E-state index contributed by atoms with van der Waals surface area (Å²) >= 11 is 3.32. The van der Waals surface area contributed by atoms with E-state index in [0.717, 1.165) is 16.8 Å². The number of anilines is 1. The third-order valence-corrected chi connectivity index (χ3v) is 2.57. The van der Waals surface area contributed by atoms with Crippen molar-refractivity contribution in [3.8, 4) is 0 Å². The molecule has 1 rings (SSSR count). The molecule has 1 heterocycles. The lowest BCUT2D eigenvalue weighted by molar-refractivity contribution is -0.121. The summed E-state index contributed by atoms with van der Waals surface area (Å²) in [6.45, 7) is 6.30. The number of nitrogens with one attached hydrogen (secondary N) is 2. The van der Waals surface area contributed by atoms with Crippen molar-refractivity contribution in [1.82, 2.24) is 15.3 Å². The van der Waals surface area contributed by atoms with Crippen LogP contribution in [0.25, 0.3) is 0 Å². The summed E-state index contributed by atoms with van der Waals surface area (Å²) in [4.78, 5) is 20.1. The van der Waals surface area contributed by atoms with Crippen LogP contribution in [0.2, 0.25) is 0 Å². The minimum atomic E-state index is -0.318. The lowest BCUT2D eigenvalue weighted by Crippen LogP contribution is -2.37. The first-order valence-corrected chi connectivity index (χ1v) is 6.43. The zero-order chi connectivity index (χ0) is 12.8. The third-order valence-electron chi connectivity index (χ3n) is 2.17. The largest absolute Gasteiger partial charge is 0.358 e. The molecule has 0 saturated heterocycles. The molecule has 1 atom stereocenters. The second-order valence-electron chi connectivity index (χ2n) is 3.61. The Bertz CT molecular complexity index is 397. The van der Waals surface area contributed by atoms with Crippen LogP contribution in [-0.2, 0) is 11.2 Å². The smallest absolute Gasteiger partial charge is 0.242 e. The lowest BCUT2D eigenvalue weighted by Gasteiger charge is -2.14. The number of hydrogen-bond donors (Lipinski definition) is 2. The number of hydrogen-bond acceptors (Lipinski definition) is 4. The molecular weight excluding hydrogens is 284 g/mol. The van der Waals surface area contributed by atoms with Gasteiger partial charge in [0.05, 0.1) is 0 Å². The van der Waals surface area contributed by atoms with Crippen molar-refractivity contribution in [2.24, 2.45) is 0 Å². The molecule has 0 aliphatic carbocycles. The Hall–Kier alpha value is -1.17. The zero-order valence-corrected chi connectivity index (χ0v) is 11.8. The van der Waals surface area contributed by atoms with Gasteiger partial charge < -0.3 is 10.6 Å². The molecule has 1 amide bonds. The summed E-state index contributed by atoms with van der Waals surface area (Å²) in [6, 6.07) is 1.44. The topological polar surface area (TPSA) is 66.9 Å². The van der Waals surface area contributed by atoms with Gasteiger partial charge in [-0.1, -0.05) is 6.92 Å². The average molecular weight is 301 g/mol. The molecule has 0 fully saturated rings. The summed E-state index contributed by atoms with van der Waals surface area (Å²) in [5.74, 6) is 1.35. The van der Waals surface area contributed by atoms with E-state index in [1.807, 2.05) is 13.8 Å². The van der Waals surface area contributed by atoms with E-state index in [4.69, 9.17) is 0 Å². The summed E-state index contributed by atoms with van der Waals surface area (Å²) in [7, 11) is 0. The minimum absolute atomic E-state index is 0.0414. The minimum Gasteiger partial charge on any atom is -0.358 e. The number of likely N-dealkylation sites (N-methyl/N-ethyl adjacent to an activating group) is 1. The van der Waals surface area contributed by atoms with Crippen LogP contribution in [0.3, 0.4) is 0 Å². The highest BCUT2D eigenvalue weighted by molar-refractivity contribution is 9.10. The monoisotopic (exact) mass is 300 g/mol. The maximum atomic E-state index is 11.6. The maximum absolute atomic E-state index is 11.6. The number of carbonyl (C=O) groups is 1. The zero-order valence-electron chi connectivity index (χ0n) is 10.2. The van der Waals surface area contributed by atoms with E-state index in [2.05, 4.69) is 36.5 Å². The Labute approximate surface area is 110 Å². The number of aromatic nitrogens is 2. The Morgan fingerprint density at radius 3 is 2.76 bits per heavy atom. The van der Waals surface area contributed by atoms with Crippen LogP contribution < -0.4 is 10.6 Å². The van der Waals surface area contributed by atoms with Gasteiger partial charge in [0.1, 0.15) is 22.3 Å². The van der Waals surface area contributed by atoms with Gasteiger partial charge >= 0.3 is 0 Å². The molecule has 5 nitrogen and oxygen atoms in total. The van der Waals surface area contributed by atoms with Crippen LogP contribution in [0.5, 0.6) is 0 Å². The first kappa shape index (κ1) is 13.9. The van der Waals surface area contributed by atoms with Crippen molar-refractivity contribution in [3.63, 3.8) is 0 Å². The fraction of sp³-hybridized carbons (Fsp3) is 0.545. The van der Waals surface area contributed by atoms with Gasteiger partial charge in [0, 0.05) is 19.0 Å². The van der Waals surface area contributed by atoms with Crippen LogP contribution in [0.1, 0.15) is 26.6 Å². The molecule has 94 valence electrons. The summed E-state index contributed by atoms with van der Waals surface area (Å²) in [5.41, 5.74) is 0. The lowest BCUT2D eigenvalue weighted by atomic mass is 10.3. The van der Waals surface area contributed by atoms with Crippen molar-refractivity contribution in [1.29, 1.82) is 0 Å². The predicted octanol–water partition coefficient (Wildman–Crippen LogP) is 1.74. The number of aryl methyl sites for hydroxylation is 1. The van der Waals surface area contributed by atoms with Gasteiger partial charge in [-0.25, -0.2) is 9.97 Å². The molecule has 0 aromatic carbocycles. The predicted molar refractivity (Wildman–Crippen MR) is 70.9 cm³/mol. The molecule has 1 aromatic heterocycles. The van der Waals surface area contributed by atoms with E-state index < -0.39 is 0 Å². The quantitative estimate of drug-likeness (QED) is 0.813. The van der Waals surface area contributed by atoms with Crippen LogP contribution in [0.15, 0.2) is 10.7 Å². The highest BCUT2D eigenvalue weighted by Crippen LogP contribution is 2.13. The summed E-state index contributed by atoms with van der Waals surface area (Å²) in [6.07, 6.45) is 0.754. The van der Waals surface area contributed by atoms with Gasteiger partial charge in [0.25, 0.3) is 0 Å². The van der Waals surface area contributed by atoms with Gasteiger partial charge in [-0.3, -0.25) is 4.79 Å². The highest BCUT2D eigenvalue weighted by Gasteiger charge is 2.12. The maximum Gasteiger partial charge on any atom is 0.242 e. The van der Waals surface area contributed by atoms with Crippen molar-refractivity contribution < 1.29 is 4.79 Å². The fourth-order valence-electron chi connectivity index (χ4n) is 1.31. The van der Waals surface area contributed by atoms with Gasteiger partial charge in [-0.15, -0.1) is 0 Å². The van der Waals surface area contributed by atoms with Gasteiger partial charge in [-0.2, -0.15) is 0 Å². The van der Waals surface area contributed by atoms with Crippen molar-refractivity contribution in [2.75, 3.05) is 11.9 Å². The normalized spacial score (nSPS) is 12.0. The molecule has 0 aliphatic heterocycles. The molecule has 0 spiro atoms. The molecule has 0 aliphatic rings. The van der Waals surface area contributed by atoms with Crippen molar-refractivity contribution >= 4 is 27.7 Å². The molecule has 0 bridgehead atoms. The van der Waals surface area contributed by atoms with Gasteiger partial charge in [0.15, 0.2) is 0 Å². The Balaban J connectivity index is 2.73. The molecule has 2 N–H and O–H groups in total. The number of rotatable bonds is 5. The standard InChI is InChI=1S/C11H17BrN4O/c1-4-9-15-8(12)6-10(16-9)14-7(3)11(17)13-5-2/h6-7H,4-5H2,1-3H3,(H,13,17)(H,14,15,16). The second-order valence-corrected chi connectivity index (χ2v) is 4.42. The molecule has 1 aromatic rings. The van der Waals surface area contributed by atoms with E-state index in [1.165, 1.54) is 0 Å². The first-order chi connectivity index (χ1) is 8.06. The third kappa shape index (κ3) is 4.30. The van der Waals surface area contributed by atoms with E-state index in [0.29, 0.717) is 12.4 Å². The summed E-state index contributed by atoms with van der Waals surface area (Å²) in [5, 5.41) is 5.80. The van der Waals surface area contributed by atoms with Gasteiger partial charge in [-0.05, 0) is 29.8 Å². The highest BCUT2D eigenvalue weighted by atomic mass is 79.9. The Morgan fingerprint density at radius 1 is 1.47 bits per heavy atom. The number of amides is 1. The number of carbonyl (C=O) groups excluding carboxylic acids is 1. The number of halogens is 1. The number of nitrogens with zero attached hydrogens (tertiary/aromatic N) is 2. The van der Waals surface area contributed by atoms with E-state index in [-0.39, 0.29) is 11.9 Å². The van der Waals surface area contributed by atoms with Crippen LogP contribution in [-0.4, -0.2) is 28.5 Å². The Kier molecular flexibility index (Phi) is 5.34. The molecule has 0 radical (unpaired) electrons. The second kappa shape index (κ2) is 6.54. The van der Waals surface area contributed by atoms with Crippen LogP contribution in [0, 0.1) is 0 Å².